The molecule has 0 saturated heterocycles. The van der Waals surface area contributed by atoms with Gasteiger partial charge in [0, 0.05) is 12.1 Å². The monoisotopic (exact) mass is 297 g/mol. The van der Waals surface area contributed by atoms with Gasteiger partial charge in [0.1, 0.15) is 0 Å². The van der Waals surface area contributed by atoms with Gasteiger partial charge < -0.3 is 15.8 Å². The number of urea groups is 1. The summed E-state index contributed by atoms with van der Waals surface area (Å²) >= 11 is 11.5. The third-order valence-electron chi connectivity index (χ3n) is 2.25. The van der Waals surface area contributed by atoms with Gasteiger partial charge in [-0.1, -0.05) is 23.7 Å². The molecule has 98 valence electrons. The Kier molecular flexibility index (Phi) is 4.09. The molecule has 0 aliphatic heterocycles. The zero-order valence-electron chi connectivity index (χ0n) is 9.56. The number of anilines is 2. The second-order valence-corrected chi connectivity index (χ2v) is 4.42. The molecule has 0 saturated carbocycles. The Balaban J connectivity index is 2.05. The number of hydrogen-bond donors (Lipinski definition) is 2. The van der Waals surface area contributed by atoms with Crippen LogP contribution >= 0.6 is 23.2 Å². The highest BCUT2D eigenvalue weighted by molar-refractivity contribution is 6.33. The average molecular weight is 298 g/mol. The SMILES string of the molecule is O=C(Nc1cc[n+]([O-])c(Cl)c1)Nc1ccccc1Cl. The van der Waals surface area contributed by atoms with Gasteiger partial charge in [-0.25, -0.2) is 4.79 Å². The molecule has 0 radical (unpaired) electrons. The van der Waals surface area contributed by atoms with Crippen molar-refractivity contribution in [3.8, 4) is 0 Å². The quantitative estimate of drug-likeness (QED) is 0.507. The first-order chi connectivity index (χ1) is 9.06. The molecule has 1 heterocycles. The van der Waals surface area contributed by atoms with E-state index < -0.39 is 6.03 Å². The van der Waals surface area contributed by atoms with Gasteiger partial charge in [0.2, 0.25) is 0 Å². The number of nitrogens with zero attached hydrogens (tertiary/aromatic N) is 1. The minimum Gasteiger partial charge on any atom is -0.618 e. The topological polar surface area (TPSA) is 68.1 Å². The summed E-state index contributed by atoms with van der Waals surface area (Å²) in [6.07, 6.45) is 1.20. The fraction of sp³-hybridized carbons (Fsp3) is 0. The lowest BCUT2D eigenvalue weighted by Gasteiger charge is -2.08. The van der Waals surface area contributed by atoms with Crippen LogP contribution in [0.1, 0.15) is 0 Å². The molecule has 0 aliphatic carbocycles. The fourth-order valence-corrected chi connectivity index (χ4v) is 1.74. The highest BCUT2D eigenvalue weighted by Crippen LogP contribution is 2.20. The average Bonchev–Trinajstić information content (AvgIpc) is 2.37. The molecule has 2 N–H and O–H groups in total. The van der Waals surface area contributed by atoms with Crippen LogP contribution in [-0.4, -0.2) is 6.03 Å². The first-order valence-electron chi connectivity index (χ1n) is 5.27. The molecule has 1 aromatic carbocycles. The highest BCUT2D eigenvalue weighted by Gasteiger charge is 2.08. The van der Waals surface area contributed by atoms with Gasteiger partial charge in [-0.3, -0.25) is 0 Å². The number of amides is 2. The minimum atomic E-state index is -0.479. The summed E-state index contributed by atoms with van der Waals surface area (Å²) in [4.78, 5) is 11.7. The molecule has 1 aromatic heterocycles. The molecule has 0 unspecified atom stereocenters. The Morgan fingerprint density at radius 2 is 1.89 bits per heavy atom. The molecule has 0 fully saturated rings. The Morgan fingerprint density at radius 3 is 2.58 bits per heavy atom. The standard InChI is InChI=1S/C12H9Cl2N3O2/c13-9-3-1-2-4-10(9)16-12(18)15-8-5-6-17(19)11(14)7-8/h1-7H,(H2,15,16,18). The van der Waals surface area contributed by atoms with Crippen LogP contribution in [0.5, 0.6) is 0 Å². The van der Waals surface area contributed by atoms with Crippen molar-refractivity contribution in [2.24, 2.45) is 0 Å². The van der Waals surface area contributed by atoms with Gasteiger partial charge >= 0.3 is 6.03 Å². The lowest BCUT2D eigenvalue weighted by molar-refractivity contribution is -0.602. The van der Waals surface area contributed by atoms with Crippen LogP contribution in [0.15, 0.2) is 42.6 Å². The smallest absolute Gasteiger partial charge is 0.323 e. The van der Waals surface area contributed by atoms with Crippen molar-refractivity contribution in [3.05, 3.63) is 58.0 Å². The van der Waals surface area contributed by atoms with Gasteiger partial charge in [0.15, 0.2) is 6.20 Å². The molecule has 0 spiro atoms. The van der Waals surface area contributed by atoms with Crippen LogP contribution in [0.25, 0.3) is 0 Å². The normalized spacial score (nSPS) is 10.0. The lowest BCUT2D eigenvalue weighted by atomic mass is 10.3. The van der Waals surface area contributed by atoms with Crippen molar-refractivity contribution in [1.82, 2.24) is 0 Å². The predicted octanol–water partition coefficient (Wildman–Crippen LogP) is 3.27. The summed E-state index contributed by atoms with van der Waals surface area (Å²) in [5.41, 5.74) is 0.893. The third kappa shape index (κ3) is 3.49. The van der Waals surface area contributed by atoms with E-state index in [0.717, 1.165) is 0 Å². The number of hydrogen-bond acceptors (Lipinski definition) is 2. The van der Waals surface area contributed by atoms with Crippen molar-refractivity contribution < 1.29 is 9.52 Å². The van der Waals surface area contributed by atoms with E-state index in [1.54, 1.807) is 24.3 Å². The second-order valence-electron chi connectivity index (χ2n) is 3.62. The van der Waals surface area contributed by atoms with Crippen molar-refractivity contribution in [2.45, 2.75) is 0 Å². The van der Waals surface area contributed by atoms with Gasteiger partial charge in [0.25, 0.3) is 5.15 Å². The number of para-hydroxylation sites is 1. The highest BCUT2D eigenvalue weighted by atomic mass is 35.5. The van der Waals surface area contributed by atoms with Crippen LogP contribution in [0.2, 0.25) is 10.2 Å². The molecule has 0 aliphatic rings. The number of benzene rings is 1. The molecular formula is C12H9Cl2N3O2. The summed E-state index contributed by atoms with van der Waals surface area (Å²) < 4.78 is 0.485. The number of carbonyl (C=O) groups is 1. The number of aromatic nitrogens is 1. The van der Waals surface area contributed by atoms with E-state index in [0.29, 0.717) is 21.1 Å². The zero-order valence-corrected chi connectivity index (χ0v) is 11.1. The van der Waals surface area contributed by atoms with Gasteiger partial charge in [-0.05, 0) is 23.7 Å². The van der Waals surface area contributed by atoms with Gasteiger partial charge in [0.05, 0.1) is 16.4 Å². The first kappa shape index (κ1) is 13.5. The van der Waals surface area contributed by atoms with Crippen molar-refractivity contribution in [3.63, 3.8) is 0 Å². The van der Waals surface area contributed by atoms with Crippen LogP contribution in [0.4, 0.5) is 16.2 Å². The molecule has 2 rings (SSSR count). The number of rotatable bonds is 2. The maximum absolute atomic E-state index is 11.7. The second kappa shape index (κ2) is 5.77. The predicted molar refractivity (Wildman–Crippen MR) is 74.5 cm³/mol. The number of nitrogens with one attached hydrogen (secondary N) is 2. The Labute approximate surface area is 119 Å². The van der Waals surface area contributed by atoms with E-state index in [1.807, 2.05) is 0 Å². The van der Waals surface area contributed by atoms with Crippen molar-refractivity contribution in [2.75, 3.05) is 10.6 Å². The van der Waals surface area contributed by atoms with Gasteiger partial charge in [-0.15, -0.1) is 0 Å². The summed E-state index contributed by atoms with van der Waals surface area (Å²) in [5, 5.41) is 16.6. The van der Waals surface area contributed by atoms with Crippen LogP contribution < -0.4 is 15.4 Å². The van der Waals surface area contributed by atoms with E-state index in [2.05, 4.69) is 10.6 Å². The summed E-state index contributed by atoms with van der Waals surface area (Å²) in [5.74, 6) is 0. The third-order valence-corrected chi connectivity index (χ3v) is 2.86. The van der Waals surface area contributed by atoms with Gasteiger partial charge in [-0.2, -0.15) is 4.73 Å². The summed E-state index contributed by atoms with van der Waals surface area (Å²) in [6, 6.07) is 9.15. The summed E-state index contributed by atoms with van der Waals surface area (Å²) in [6.45, 7) is 0. The summed E-state index contributed by atoms with van der Waals surface area (Å²) in [7, 11) is 0. The molecule has 7 heteroatoms. The van der Waals surface area contributed by atoms with E-state index in [9.17, 15) is 10.0 Å². The lowest BCUT2D eigenvalue weighted by Crippen LogP contribution is -2.27. The maximum atomic E-state index is 11.7. The Morgan fingerprint density at radius 1 is 1.16 bits per heavy atom. The van der Waals surface area contributed by atoms with E-state index in [4.69, 9.17) is 23.2 Å². The maximum Gasteiger partial charge on any atom is 0.323 e. The van der Waals surface area contributed by atoms with Crippen LogP contribution in [-0.2, 0) is 0 Å². The molecule has 2 aromatic rings. The zero-order chi connectivity index (χ0) is 13.8. The molecule has 0 bridgehead atoms. The number of pyridine rings is 1. The number of carbonyl (C=O) groups excluding carboxylic acids is 1. The molecule has 0 atom stereocenters. The Bertz CT molecular complexity index is 620. The Hall–Kier alpha value is -1.98. The van der Waals surface area contributed by atoms with E-state index in [-0.39, 0.29) is 5.15 Å². The van der Waals surface area contributed by atoms with Crippen molar-refractivity contribution in [1.29, 1.82) is 0 Å². The first-order valence-corrected chi connectivity index (χ1v) is 6.03. The fourth-order valence-electron chi connectivity index (χ4n) is 1.38. The van der Waals surface area contributed by atoms with Crippen LogP contribution in [0.3, 0.4) is 0 Å². The molecular weight excluding hydrogens is 289 g/mol. The van der Waals surface area contributed by atoms with Crippen molar-refractivity contribution >= 4 is 40.6 Å². The molecule has 2 amide bonds. The van der Waals surface area contributed by atoms with E-state index >= 15 is 0 Å². The minimum absolute atomic E-state index is 0.0319. The number of halogens is 2. The molecule has 19 heavy (non-hydrogen) atoms. The largest absolute Gasteiger partial charge is 0.618 e. The van der Waals surface area contributed by atoms with E-state index in [1.165, 1.54) is 18.3 Å². The van der Waals surface area contributed by atoms with Crippen LogP contribution in [0, 0.1) is 5.21 Å². The molecule has 5 nitrogen and oxygen atoms in total.